The fourth-order valence-electron chi connectivity index (χ4n) is 1.20. The minimum Gasteiger partial charge on any atom is -1.00 e. The van der Waals surface area contributed by atoms with Crippen LogP contribution in [0.25, 0.3) is 0 Å². The zero-order valence-corrected chi connectivity index (χ0v) is 9.23. The molecule has 0 saturated carbocycles. The monoisotopic (exact) mass is 144 g/mol. The summed E-state index contributed by atoms with van der Waals surface area (Å²) in [5.74, 6) is 0. The molecule has 0 aliphatic carbocycles. The van der Waals surface area contributed by atoms with E-state index in [9.17, 15) is 0 Å². The van der Waals surface area contributed by atoms with E-state index < -0.39 is 0 Å². The molecular formula is C9H13Na. The second kappa shape index (κ2) is 4.17. The molecule has 50 valence electrons. The van der Waals surface area contributed by atoms with Gasteiger partial charge in [-0.3, -0.25) is 0 Å². The minimum absolute atomic E-state index is 0. The molecule has 0 fully saturated rings. The van der Waals surface area contributed by atoms with Gasteiger partial charge in [0.15, 0.2) is 0 Å². The maximum atomic E-state index is 2.19. The van der Waals surface area contributed by atoms with Gasteiger partial charge in [0.1, 0.15) is 0 Å². The largest absolute Gasteiger partial charge is 1.00 e. The van der Waals surface area contributed by atoms with Gasteiger partial charge in [0.05, 0.1) is 0 Å². The molecule has 10 heavy (non-hydrogen) atoms. The third-order valence-corrected chi connectivity index (χ3v) is 1.37. The number of aryl methyl sites for hydroxylation is 3. The van der Waals surface area contributed by atoms with E-state index in [4.69, 9.17) is 0 Å². The van der Waals surface area contributed by atoms with Crippen LogP contribution in [0.1, 0.15) is 18.1 Å². The van der Waals surface area contributed by atoms with Crippen LogP contribution in [0.3, 0.4) is 0 Å². The van der Waals surface area contributed by atoms with E-state index in [-0.39, 0.29) is 31.0 Å². The van der Waals surface area contributed by atoms with Crippen molar-refractivity contribution in [3.05, 3.63) is 34.9 Å². The van der Waals surface area contributed by atoms with Gasteiger partial charge in [-0.25, -0.2) is 0 Å². The molecule has 1 aromatic rings. The van der Waals surface area contributed by atoms with Crippen LogP contribution in [-0.2, 0) is 0 Å². The summed E-state index contributed by atoms with van der Waals surface area (Å²) >= 11 is 0. The first-order valence-corrected chi connectivity index (χ1v) is 3.23. The molecule has 0 saturated heterocycles. The Morgan fingerprint density at radius 2 is 1.00 bits per heavy atom. The molecule has 1 heteroatoms. The van der Waals surface area contributed by atoms with Gasteiger partial charge in [-0.15, -0.1) is 0 Å². The van der Waals surface area contributed by atoms with Crippen molar-refractivity contribution in [1.82, 2.24) is 0 Å². The number of hydrogen-bond donors (Lipinski definition) is 0. The third kappa shape index (κ3) is 2.87. The summed E-state index contributed by atoms with van der Waals surface area (Å²) in [6.45, 7) is 6.38. The number of rotatable bonds is 0. The smallest absolute Gasteiger partial charge is 1.00 e. The SMILES string of the molecule is Cc1cc(C)cc(C)c1.[H-].[Na+]. The Balaban J connectivity index is 0. The van der Waals surface area contributed by atoms with Crippen LogP contribution >= 0.6 is 0 Å². The summed E-state index contributed by atoms with van der Waals surface area (Å²) in [7, 11) is 0. The molecule has 0 aliphatic rings. The Hall–Kier alpha value is 0.220. The van der Waals surface area contributed by atoms with Crippen molar-refractivity contribution in [3.63, 3.8) is 0 Å². The molecule has 0 N–H and O–H groups in total. The molecule has 1 rings (SSSR count). The Bertz CT molecular complexity index is 170. The fourth-order valence-corrected chi connectivity index (χ4v) is 1.20. The van der Waals surface area contributed by atoms with Crippen LogP contribution in [0.4, 0.5) is 0 Å². The number of benzene rings is 1. The number of hydrogen-bond acceptors (Lipinski definition) is 0. The topological polar surface area (TPSA) is 0 Å². The van der Waals surface area contributed by atoms with Crippen LogP contribution < -0.4 is 29.6 Å². The Kier molecular flexibility index (Phi) is 4.26. The normalized spacial score (nSPS) is 8.70. The van der Waals surface area contributed by atoms with Gasteiger partial charge in [0, 0.05) is 0 Å². The van der Waals surface area contributed by atoms with Crippen LogP contribution in [0.5, 0.6) is 0 Å². The van der Waals surface area contributed by atoms with E-state index in [1.807, 2.05) is 0 Å². The Morgan fingerprint density at radius 3 is 1.20 bits per heavy atom. The molecule has 0 aromatic heterocycles. The predicted octanol–water partition coefficient (Wildman–Crippen LogP) is -0.272. The fraction of sp³-hybridized carbons (Fsp3) is 0.333. The predicted molar refractivity (Wildman–Crippen MR) is 41.8 cm³/mol. The second-order valence-electron chi connectivity index (χ2n) is 2.67. The minimum atomic E-state index is 0. The summed E-state index contributed by atoms with van der Waals surface area (Å²) in [5, 5.41) is 0. The average molecular weight is 144 g/mol. The van der Waals surface area contributed by atoms with Gasteiger partial charge in [-0.2, -0.15) is 0 Å². The molecule has 0 heterocycles. The van der Waals surface area contributed by atoms with Crippen molar-refractivity contribution in [2.24, 2.45) is 0 Å². The first kappa shape index (κ1) is 10.2. The van der Waals surface area contributed by atoms with E-state index in [1.165, 1.54) is 16.7 Å². The standard InChI is InChI=1S/C9H12.Na.H/c1-7-4-8(2)6-9(3)5-7;;/h4-6H,1-3H3;;/q;+1;-1. The van der Waals surface area contributed by atoms with Gasteiger partial charge in [0.25, 0.3) is 0 Å². The molecule has 0 amide bonds. The van der Waals surface area contributed by atoms with E-state index >= 15 is 0 Å². The molecular weight excluding hydrogens is 131 g/mol. The van der Waals surface area contributed by atoms with Gasteiger partial charge in [-0.05, 0) is 20.8 Å². The quantitative estimate of drug-likeness (QED) is 0.440. The van der Waals surface area contributed by atoms with E-state index in [2.05, 4.69) is 39.0 Å². The maximum Gasteiger partial charge on any atom is 1.00 e. The first-order valence-electron chi connectivity index (χ1n) is 3.23. The zero-order chi connectivity index (χ0) is 6.85. The van der Waals surface area contributed by atoms with Crippen molar-refractivity contribution in [2.45, 2.75) is 20.8 Å². The molecule has 0 aliphatic heterocycles. The van der Waals surface area contributed by atoms with Crippen molar-refractivity contribution < 1.29 is 31.0 Å². The molecule has 0 unspecified atom stereocenters. The molecule has 0 atom stereocenters. The second-order valence-corrected chi connectivity index (χ2v) is 2.67. The van der Waals surface area contributed by atoms with Gasteiger partial charge in [0.2, 0.25) is 0 Å². The van der Waals surface area contributed by atoms with E-state index in [0.717, 1.165) is 0 Å². The van der Waals surface area contributed by atoms with Crippen molar-refractivity contribution >= 4 is 0 Å². The van der Waals surface area contributed by atoms with E-state index in [0.29, 0.717) is 0 Å². The van der Waals surface area contributed by atoms with Crippen LogP contribution in [0.15, 0.2) is 18.2 Å². The Morgan fingerprint density at radius 1 is 0.800 bits per heavy atom. The van der Waals surface area contributed by atoms with Crippen molar-refractivity contribution in [3.8, 4) is 0 Å². The molecule has 0 radical (unpaired) electrons. The van der Waals surface area contributed by atoms with E-state index in [1.54, 1.807) is 0 Å². The summed E-state index contributed by atoms with van der Waals surface area (Å²) in [6.07, 6.45) is 0. The maximum absolute atomic E-state index is 2.19. The summed E-state index contributed by atoms with van der Waals surface area (Å²) in [4.78, 5) is 0. The van der Waals surface area contributed by atoms with Crippen LogP contribution in [0.2, 0.25) is 0 Å². The molecule has 0 bridgehead atoms. The molecule has 1 aromatic carbocycles. The van der Waals surface area contributed by atoms with Gasteiger partial charge < -0.3 is 1.43 Å². The third-order valence-electron chi connectivity index (χ3n) is 1.37. The van der Waals surface area contributed by atoms with Gasteiger partial charge in [-0.1, -0.05) is 34.9 Å². The average Bonchev–Trinajstić information content (AvgIpc) is 1.59. The van der Waals surface area contributed by atoms with Crippen molar-refractivity contribution in [2.75, 3.05) is 0 Å². The van der Waals surface area contributed by atoms with Crippen LogP contribution in [-0.4, -0.2) is 0 Å². The Labute approximate surface area is 86.4 Å². The summed E-state index contributed by atoms with van der Waals surface area (Å²) in [6, 6.07) is 6.56. The zero-order valence-electron chi connectivity index (χ0n) is 8.23. The molecule has 0 nitrogen and oxygen atoms in total. The van der Waals surface area contributed by atoms with Crippen LogP contribution in [0, 0.1) is 20.8 Å². The van der Waals surface area contributed by atoms with Gasteiger partial charge >= 0.3 is 29.6 Å². The molecule has 0 spiro atoms. The summed E-state index contributed by atoms with van der Waals surface area (Å²) < 4.78 is 0. The summed E-state index contributed by atoms with van der Waals surface area (Å²) in [5.41, 5.74) is 4.06. The van der Waals surface area contributed by atoms with Crippen molar-refractivity contribution in [1.29, 1.82) is 0 Å². The first-order chi connectivity index (χ1) is 4.18.